The van der Waals surface area contributed by atoms with E-state index in [2.05, 4.69) is 6.07 Å². The highest BCUT2D eigenvalue weighted by atomic mass is 19.4. The summed E-state index contributed by atoms with van der Waals surface area (Å²) >= 11 is 0. The first kappa shape index (κ1) is 9.06. The summed E-state index contributed by atoms with van der Waals surface area (Å²) in [6.07, 6.45) is -4.29. The minimum atomic E-state index is -4.29. The number of hydrogen-bond acceptors (Lipinski definition) is 1. The summed E-state index contributed by atoms with van der Waals surface area (Å²) in [4.78, 5) is 0. The highest BCUT2D eigenvalue weighted by Gasteiger charge is 2.30. The predicted octanol–water partition coefficient (Wildman–Crippen LogP) is 1.96. The molecule has 1 aromatic carbocycles. The maximum absolute atomic E-state index is 12.0. The molecule has 0 aliphatic heterocycles. The maximum atomic E-state index is 12.0. The van der Waals surface area contributed by atoms with Gasteiger partial charge in [-0.15, -0.1) is 0 Å². The normalized spacial score (nSPS) is 11.7. The third-order valence-electron chi connectivity index (χ3n) is 1.41. The molecule has 0 saturated heterocycles. The van der Waals surface area contributed by atoms with Crippen molar-refractivity contribution < 1.29 is 13.2 Å². The standard InChI is InChI=1S/C8H7F3N/c9-8(10,11)7-3-1-2-6(4-7)5-12/h1,3-4H,5,12H2. The van der Waals surface area contributed by atoms with E-state index in [4.69, 9.17) is 5.73 Å². The van der Waals surface area contributed by atoms with E-state index in [9.17, 15) is 13.2 Å². The van der Waals surface area contributed by atoms with Gasteiger partial charge in [0.2, 0.25) is 0 Å². The largest absolute Gasteiger partial charge is 0.416 e. The van der Waals surface area contributed by atoms with Crippen LogP contribution in [0.15, 0.2) is 18.2 Å². The molecule has 1 aromatic rings. The number of rotatable bonds is 1. The molecule has 0 aliphatic rings. The summed E-state index contributed by atoms with van der Waals surface area (Å²) in [6, 6.07) is 5.80. The van der Waals surface area contributed by atoms with Crippen molar-refractivity contribution in [3.05, 3.63) is 35.4 Å². The molecule has 0 spiro atoms. The predicted molar refractivity (Wildman–Crippen MR) is 38.2 cm³/mol. The maximum Gasteiger partial charge on any atom is 0.416 e. The lowest BCUT2D eigenvalue weighted by Crippen LogP contribution is -2.06. The van der Waals surface area contributed by atoms with Crippen molar-refractivity contribution in [1.82, 2.24) is 0 Å². The molecule has 0 aliphatic carbocycles. The van der Waals surface area contributed by atoms with E-state index >= 15 is 0 Å². The van der Waals surface area contributed by atoms with E-state index in [1.807, 2.05) is 0 Å². The summed E-state index contributed by atoms with van der Waals surface area (Å²) in [5.41, 5.74) is 4.85. The second-order valence-electron chi connectivity index (χ2n) is 2.30. The van der Waals surface area contributed by atoms with Gasteiger partial charge in [-0.2, -0.15) is 13.2 Å². The van der Waals surface area contributed by atoms with Crippen LogP contribution in [-0.2, 0) is 12.7 Å². The van der Waals surface area contributed by atoms with E-state index in [0.29, 0.717) is 5.56 Å². The van der Waals surface area contributed by atoms with Crippen LogP contribution in [0.4, 0.5) is 13.2 Å². The zero-order valence-corrected chi connectivity index (χ0v) is 6.15. The molecule has 0 unspecified atom stereocenters. The fourth-order valence-corrected chi connectivity index (χ4v) is 0.810. The Balaban J connectivity index is 3.02. The lowest BCUT2D eigenvalue weighted by molar-refractivity contribution is -0.137. The first-order chi connectivity index (χ1) is 5.54. The zero-order chi connectivity index (χ0) is 9.19. The molecule has 1 radical (unpaired) electrons. The highest BCUT2D eigenvalue weighted by Crippen LogP contribution is 2.29. The second-order valence-corrected chi connectivity index (χ2v) is 2.30. The Bertz CT molecular complexity index is 267. The summed E-state index contributed by atoms with van der Waals surface area (Å²) < 4.78 is 36.1. The molecule has 0 atom stereocenters. The lowest BCUT2D eigenvalue weighted by atomic mass is 10.1. The zero-order valence-electron chi connectivity index (χ0n) is 6.15. The Hall–Kier alpha value is -1.03. The van der Waals surface area contributed by atoms with Gasteiger partial charge < -0.3 is 5.73 Å². The molecule has 65 valence electrons. The molecule has 0 bridgehead atoms. The van der Waals surface area contributed by atoms with Crippen LogP contribution in [0.25, 0.3) is 0 Å². The van der Waals surface area contributed by atoms with Crippen LogP contribution in [-0.4, -0.2) is 0 Å². The van der Waals surface area contributed by atoms with E-state index in [-0.39, 0.29) is 6.54 Å². The smallest absolute Gasteiger partial charge is 0.326 e. The molecule has 12 heavy (non-hydrogen) atoms. The van der Waals surface area contributed by atoms with Crippen molar-refractivity contribution in [1.29, 1.82) is 0 Å². The van der Waals surface area contributed by atoms with E-state index in [1.165, 1.54) is 6.07 Å². The molecular formula is C8H7F3N. The summed E-state index contributed by atoms with van der Waals surface area (Å²) in [5.74, 6) is 0. The quantitative estimate of drug-likeness (QED) is 0.692. The Morgan fingerprint density at radius 1 is 1.42 bits per heavy atom. The minimum absolute atomic E-state index is 0.0733. The lowest BCUT2D eigenvalue weighted by Gasteiger charge is -2.06. The van der Waals surface area contributed by atoms with Gasteiger partial charge in [-0.3, -0.25) is 0 Å². The van der Waals surface area contributed by atoms with Gasteiger partial charge in [0.05, 0.1) is 5.56 Å². The molecule has 1 rings (SSSR count). The molecule has 1 nitrogen and oxygen atoms in total. The Labute approximate surface area is 68.0 Å². The SMILES string of the molecule is NCc1[c]ccc(C(F)(F)F)c1. The molecule has 4 heteroatoms. The van der Waals surface area contributed by atoms with E-state index in [0.717, 1.165) is 12.1 Å². The van der Waals surface area contributed by atoms with Gasteiger partial charge in [-0.1, -0.05) is 6.07 Å². The summed E-state index contributed by atoms with van der Waals surface area (Å²) in [7, 11) is 0. The highest BCUT2D eigenvalue weighted by molar-refractivity contribution is 5.24. The van der Waals surface area contributed by atoms with Gasteiger partial charge in [0.25, 0.3) is 0 Å². The van der Waals surface area contributed by atoms with Crippen molar-refractivity contribution >= 4 is 0 Å². The molecule has 2 N–H and O–H groups in total. The van der Waals surface area contributed by atoms with Gasteiger partial charge in [-0.05, 0) is 23.8 Å². The van der Waals surface area contributed by atoms with E-state index in [1.54, 1.807) is 0 Å². The fraction of sp³-hybridized carbons (Fsp3) is 0.250. The Morgan fingerprint density at radius 3 is 2.58 bits per heavy atom. The summed E-state index contributed by atoms with van der Waals surface area (Å²) in [5, 5.41) is 0. The third-order valence-corrected chi connectivity index (χ3v) is 1.41. The van der Waals surface area contributed by atoms with Gasteiger partial charge in [0, 0.05) is 6.54 Å². The van der Waals surface area contributed by atoms with Crippen LogP contribution in [0.5, 0.6) is 0 Å². The van der Waals surface area contributed by atoms with Gasteiger partial charge in [-0.25, -0.2) is 0 Å². The fourth-order valence-electron chi connectivity index (χ4n) is 0.810. The number of hydrogen-bond donors (Lipinski definition) is 1. The van der Waals surface area contributed by atoms with Crippen molar-refractivity contribution in [2.24, 2.45) is 5.73 Å². The minimum Gasteiger partial charge on any atom is -0.326 e. The van der Waals surface area contributed by atoms with Crippen LogP contribution in [0.1, 0.15) is 11.1 Å². The van der Waals surface area contributed by atoms with E-state index < -0.39 is 11.7 Å². The molecular weight excluding hydrogens is 167 g/mol. The Morgan fingerprint density at radius 2 is 2.08 bits per heavy atom. The van der Waals surface area contributed by atoms with Crippen molar-refractivity contribution in [2.75, 3.05) is 0 Å². The van der Waals surface area contributed by atoms with Gasteiger partial charge in [0.15, 0.2) is 0 Å². The monoisotopic (exact) mass is 174 g/mol. The molecule has 0 heterocycles. The average molecular weight is 174 g/mol. The van der Waals surface area contributed by atoms with Crippen LogP contribution in [0.3, 0.4) is 0 Å². The van der Waals surface area contributed by atoms with Crippen molar-refractivity contribution in [3.63, 3.8) is 0 Å². The second kappa shape index (κ2) is 3.15. The number of alkyl halides is 3. The van der Waals surface area contributed by atoms with Crippen LogP contribution in [0.2, 0.25) is 0 Å². The molecule has 0 saturated carbocycles. The number of nitrogens with two attached hydrogens (primary N) is 1. The van der Waals surface area contributed by atoms with Crippen LogP contribution in [0, 0.1) is 6.07 Å². The van der Waals surface area contributed by atoms with Crippen molar-refractivity contribution in [2.45, 2.75) is 12.7 Å². The number of benzene rings is 1. The van der Waals surface area contributed by atoms with Crippen LogP contribution >= 0.6 is 0 Å². The van der Waals surface area contributed by atoms with Crippen LogP contribution < -0.4 is 5.73 Å². The molecule has 0 amide bonds. The van der Waals surface area contributed by atoms with Gasteiger partial charge in [0.1, 0.15) is 0 Å². The average Bonchev–Trinajstić information content (AvgIpc) is 2.03. The number of halogens is 3. The first-order valence-electron chi connectivity index (χ1n) is 3.32. The third kappa shape index (κ3) is 1.98. The Kier molecular flexibility index (Phi) is 2.38. The first-order valence-corrected chi connectivity index (χ1v) is 3.32. The molecule has 0 aromatic heterocycles. The van der Waals surface area contributed by atoms with Gasteiger partial charge >= 0.3 is 6.18 Å². The molecule has 0 fully saturated rings. The van der Waals surface area contributed by atoms with Crippen molar-refractivity contribution in [3.8, 4) is 0 Å². The topological polar surface area (TPSA) is 26.0 Å². The summed E-state index contributed by atoms with van der Waals surface area (Å²) in [6.45, 7) is 0.0733.